The number of rotatable bonds is 5. The molecule has 2 aromatic rings. The fraction of sp³-hybridized carbons (Fsp3) is 0.235. The van der Waals surface area contributed by atoms with E-state index in [4.69, 9.17) is 5.73 Å². The fourth-order valence-corrected chi connectivity index (χ4v) is 2.26. The van der Waals surface area contributed by atoms with Gasteiger partial charge in [-0.2, -0.15) is 0 Å². The van der Waals surface area contributed by atoms with E-state index < -0.39 is 0 Å². The molecule has 2 aromatic carbocycles. The SMILES string of the molecule is CCN(CC(=O)Nc1ccccc1N)c1ccccc1C. The van der Waals surface area contributed by atoms with Crippen molar-refractivity contribution < 1.29 is 4.79 Å². The smallest absolute Gasteiger partial charge is 0.243 e. The van der Waals surface area contributed by atoms with Crippen LogP contribution >= 0.6 is 0 Å². The number of hydrogen-bond donors (Lipinski definition) is 2. The number of anilines is 3. The first-order valence-corrected chi connectivity index (χ1v) is 7.06. The number of nitrogens with one attached hydrogen (secondary N) is 1. The summed E-state index contributed by atoms with van der Waals surface area (Å²) < 4.78 is 0. The summed E-state index contributed by atoms with van der Waals surface area (Å²) in [5.74, 6) is -0.0713. The highest BCUT2D eigenvalue weighted by Gasteiger charge is 2.12. The van der Waals surface area contributed by atoms with Crippen molar-refractivity contribution in [2.45, 2.75) is 13.8 Å². The van der Waals surface area contributed by atoms with Gasteiger partial charge < -0.3 is 16.0 Å². The lowest BCUT2D eigenvalue weighted by molar-refractivity contribution is -0.115. The van der Waals surface area contributed by atoms with Gasteiger partial charge in [0, 0.05) is 12.2 Å². The fourth-order valence-electron chi connectivity index (χ4n) is 2.26. The zero-order valence-corrected chi connectivity index (χ0v) is 12.5. The van der Waals surface area contributed by atoms with Crippen molar-refractivity contribution in [3.8, 4) is 0 Å². The van der Waals surface area contributed by atoms with Gasteiger partial charge in [-0.3, -0.25) is 4.79 Å². The van der Waals surface area contributed by atoms with E-state index in [9.17, 15) is 4.79 Å². The van der Waals surface area contributed by atoms with Gasteiger partial charge in [-0.1, -0.05) is 30.3 Å². The van der Waals surface area contributed by atoms with Gasteiger partial charge in [0.15, 0.2) is 0 Å². The van der Waals surface area contributed by atoms with E-state index in [1.807, 2.05) is 55.1 Å². The van der Waals surface area contributed by atoms with Crippen LogP contribution in [0, 0.1) is 6.92 Å². The highest BCUT2D eigenvalue weighted by molar-refractivity contribution is 5.96. The van der Waals surface area contributed by atoms with Crippen molar-refractivity contribution >= 4 is 23.0 Å². The lowest BCUT2D eigenvalue weighted by Crippen LogP contribution is -2.33. The van der Waals surface area contributed by atoms with Crippen LogP contribution in [-0.2, 0) is 4.79 Å². The standard InChI is InChI=1S/C17H21N3O/c1-3-20(16-11-7-4-8-13(16)2)12-17(21)19-15-10-6-5-9-14(15)18/h4-11H,3,12,18H2,1-2H3,(H,19,21). The van der Waals surface area contributed by atoms with Crippen molar-refractivity contribution in [2.24, 2.45) is 0 Å². The first-order valence-electron chi connectivity index (χ1n) is 7.06. The molecule has 0 radical (unpaired) electrons. The van der Waals surface area contributed by atoms with Gasteiger partial charge in [0.05, 0.1) is 17.9 Å². The van der Waals surface area contributed by atoms with E-state index in [0.717, 1.165) is 17.8 Å². The van der Waals surface area contributed by atoms with E-state index in [0.29, 0.717) is 17.9 Å². The molecule has 21 heavy (non-hydrogen) atoms. The molecule has 0 atom stereocenters. The number of carbonyl (C=O) groups excluding carboxylic acids is 1. The molecule has 0 heterocycles. The Balaban J connectivity index is 2.07. The highest BCUT2D eigenvalue weighted by Crippen LogP contribution is 2.20. The minimum Gasteiger partial charge on any atom is -0.397 e. The summed E-state index contributed by atoms with van der Waals surface area (Å²) in [4.78, 5) is 14.3. The molecule has 0 fully saturated rings. The molecule has 2 rings (SSSR count). The third-order valence-electron chi connectivity index (χ3n) is 3.41. The average molecular weight is 283 g/mol. The van der Waals surface area contributed by atoms with Crippen LogP contribution in [0.5, 0.6) is 0 Å². The first-order chi connectivity index (χ1) is 10.1. The molecule has 0 saturated carbocycles. The van der Waals surface area contributed by atoms with Crippen LogP contribution in [0.15, 0.2) is 48.5 Å². The van der Waals surface area contributed by atoms with E-state index in [1.165, 1.54) is 0 Å². The number of amides is 1. The van der Waals surface area contributed by atoms with Crippen molar-refractivity contribution in [3.63, 3.8) is 0 Å². The minimum absolute atomic E-state index is 0.0713. The predicted molar refractivity (Wildman–Crippen MR) is 88.6 cm³/mol. The Labute approximate surface area is 125 Å². The number of hydrogen-bond acceptors (Lipinski definition) is 3. The molecular weight excluding hydrogens is 262 g/mol. The molecule has 4 nitrogen and oxygen atoms in total. The number of aryl methyl sites for hydroxylation is 1. The summed E-state index contributed by atoms with van der Waals surface area (Å²) in [7, 11) is 0. The number of para-hydroxylation sites is 3. The summed E-state index contributed by atoms with van der Waals surface area (Å²) in [6, 6.07) is 15.3. The Kier molecular flexibility index (Phi) is 4.82. The summed E-state index contributed by atoms with van der Waals surface area (Å²) in [6.45, 7) is 5.15. The van der Waals surface area contributed by atoms with Gasteiger partial charge in [0.1, 0.15) is 0 Å². The topological polar surface area (TPSA) is 58.4 Å². The zero-order chi connectivity index (χ0) is 15.2. The van der Waals surface area contributed by atoms with E-state index >= 15 is 0 Å². The molecule has 0 spiro atoms. The Hall–Kier alpha value is -2.49. The van der Waals surface area contributed by atoms with Crippen molar-refractivity contribution in [3.05, 3.63) is 54.1 Å². The van der Waals surface area contributed by atoms with Gasteiger partial charge in [-0.25, -0.2) is 0 Å². The van der Waals surface area contributed by atoms with Crippen molar-refractivity contribution in [1.29, 1.82) is 0 Å². The second kappa shape index (κ2) is 6.79. The van der Waals surface area contributed by atoms with Gasteiger partial charge in [0.2, 0.25) is 5.91 Å². The van der Waals surface area contributed by atoms with Gasteiger partial charge in [0.25, 0.3) is 0 Å². The van der Waals surface area contributed by atoms with Crippen LogP contribution in [0.25, 0.3) is 0 Å². The summed E-state index contributed by atoms with van der Waals surface area (Å²) in [5.41, 5.74) is 9.31. The number of nitrogens with zero attached hydrogens (tertiary/aromatic N) is 1. The Morgan fingerprint density at radius 1 is 1.14 bits per heavy atom. The molecule has 0 aliphatic carbocycles. The molecule has 0 bridgehead atoms. The molecular formula is C17H21N3O. The van der Waals surface area contributed by atoms with Gasteiger partial charge >= 0.3 is 0 Å². The Morgan fingerprint density at radius 2 is 1.81 bits per heavy atom. The van der Waals surface area contributed by atoms with Gasteiger partial charge in [-0.15, -0.1) is 0 Å². The van der Waals surface area contributed by atoms with E-state index in [1.54, 1.807) is 12.1 Å². The Bertz CT molecular complexity index is 625. The van der Waals surface area contributed by atoms with Crippen LogP contribution in [0.4, 0.5) is 17.1 Å². The number of benzene rings is 2. The van der Waals surface area contributed by atoms with Gasteiger partial charge in [-0.05, 0) is 37.6 Å². The summed E-state index contributed by atoms with van der Waals surface area (Å²) in [6.07, 6.45) is 0. The van der Waals surface area contributed by atoms with Crippen LogP contribution in [-0.4, -0.2) is 19.0 Å². The maximum absolute atomic E-state index is 12.2. The lowest BCUT2D eigenvalue weighted by atomic mass is 10.2. The molecule has 0 saturated heterocycles. The maximum Gasteiger partial charge on any atom is 0.243 e. The maximum atomic E-state index is 12.2. The second-order valence-corrected chi connectivity index (χ2v) is 4.94. The van der Waals surface area contributed by atoms with E-state index in [2.05, 4.69) is 5.32 Å². The largest absolute Gasteiger partial charge is 0.397 e. The molecule has 0 aliphatic heterocycles. The zero-order valence-electron chi connectivity index (χ0n) is 12.5. The lowest BCUT2D eigenvalue weighted by Gasteiger charge is -2.24. The minimum atomic E-state index is -0.0713. The normalized spacial score (nSPS) is 10.2. The molecule has 4 heteroatoms. The quantitative estimate of drug-likeness (QED) is 0.829. The number of nitrogens with two attached hydrogens (primary N) is 1. The van der Waals surface area contributed by atoms with Crippen LogP contribution in [0.1, 0.15) is 12.5 Å². The molecule has 110 valence electrons. The first kappa shape index (κ1) is 14.9. The average Bonchev–Trinajstić information content (AvgIpc) is 2.48. The van der Waals surface area contributed by atoms with E-state index in [-0.39, 0.29) is 5.91 Å². The van der Waals surface area contributed by atoms with Crippen molar-refractivity contribution in [1.82, 2.24) is 0 Å². The third kappa shape index (κ3) is 3.75. The summed E-state index contributed by atoms with van der Waals surface area (Å²) in [5, 5.41) is 2.86. The van der Waals surface area contributed by atoms with Crippen LogP contribution in [0.2, 0.25) is 0 Å². The Morgan fingerprint density at radius 3 is 2.48 bits per heavy atom. The molecule has 0 aliphatic rings. The monoisotopic (exact) mass is 283 g/mol. The molecule has 3 N–H and O–H groups in total. The number of carbonyl (C=O) groups is 1. The second-order valence-electron chi connectivity index (χ2n) is 4.94. The number of nitrogen functional groups attached to an aromatic ring is 1. The van der Waals surface area contributed by atoms with Crippen molar-refractivity contribution in [2.75, 3.05) is 29.0 Å². The third-order valence-corrected chi connectivity index (χ3v) is 3.41. The summed E-state index contributed by atoms with van der Waals surface area (Å²) >= 11 is 0. The number of likely N-dealkylation sites (N-methyl/N-ethyl adjacent to an activating group) is 1. The predicted octanol–water partition coefficient (Wildman–Crippen LogP) is 3.04. The highest BCUT2D eigenvalue weighted by atomic mass is 16.2. The molecule has 0 aromatic heterocycles. The van der Waals surface area contributed by atoms with Crippen LogP contribution < -0.4 is 16.0 Å². The molecule has 1 amide bonds. The molecule has 0 unspecified atom stereocenters. The van der Waals surface area contributed by atoms with Crippen LogP contribution in [0.3, 0.4) is 0 Å².